The summed E-state index contributed by atoms with van der Waals surface area (Å²) in [6.45, 7) is 5.86. The smallest absolute Gasteiger partial charge is 0.395 e. The largest absolute Gasteiger partial charge is 0.519 e. The maximum atomic E-state index is 12.7. The molecule has 3 aromatic carbocycles. The Hall–Kier alpha value is -3.88. The van der Waals surface area contributed by atoms with E-state index in [9.17, 15) is 14.4 Å². The zero-order chi connectivity index (χ0) is 27.5. The number of carbonyl (C=O) groups is 3. The Balaban J connectivity index is 0.00000533. The average Bonchev–Trinajstić information content (AvgIpc) is 2.89. The SMILES string of the molecule is Cc1cc(OC(=O)Oc2ccccc2)cc(C)c1C[C@H](N)C(=O)N[C@H](C)C(=O)NCCCc1ccccc1.Cl. The highest BCUT2D eigenvalue weighted by molar-refractivity contribution is 5.89. The van der Waals surface area contributed by atoms with Crippen molar-refractivity contribution in [3.8, 4) is 11.5 Å². The summed E-state index contributed by atoms with van der Waals surface area (Å²) in [5.74, 6) is 0.0484. The lowest BCUT2D eigenvalue weighted by Crippen LogP contribution is -2.51. The van der Waals surface area contributed by atoms with Crippen molar-refractivity contribution in [3.63, 3.8) is 0 Å². The molecule has 2 atom stereocenters. The molecule has 0 aromatic heterocycles. The number of hydrogen-bond acceptors (Lipinski definition) is 6. The maximum Gasteiger partial charge on any atom is 0.519 e. The Morgan fingerprint density at radius 3 is 2.03 bits per heavy atom. The Morgan fingerprint density at radius 1 is 0.846 bits per heavy atom. The molecule has 9 heteroatoms. The molecule has 0 spiro atoms. The van der Waals surface area contributed by atoms with E-state index in [0.717, 1.165) is 29.5 Å². The maximum absolute atomic E-state index is 12.7. The number of para-hydroxylation sites is 1. The Labute approximate surface area is 235 Å². The monoisotopic (exact) mass is 553 g/mol. The zero-order valence-electron chi connectivity index (χ0n) is 22.4. The molecule has 0 radical (unpaired) electrons. The predicted octanol–water partition coefficient (Wildman–Crippen LogP) is 4.43. The van der Waals surface area contributed by atoms with Gasteiger partial charge in [0, 0.05) is 6.54 Å². The van der Waals surface area contributed by atoms with Gasteiger partial charge in [0.1, 0.15) is 17.5 Å². The molecule has 0 aliphatic carbocycles. The van der Waals surface area contributed by atoms with Crippen LogP contribution in [0.15, 0.2) is 72.8 Å². The lowest BCUT2D eigenvalue weighted by atomic mass is 9.96. The van der Waals surface area contributed by atoms with E-state index in [0.29, 0.717) is 18.0 Å². The third-order valence-electron chi connectivity index (χ3n) is 6.11. The number of hydrogen-bond donors (Lipinski definition) is 3. The molecule has 39 heavy (non-hydrogen) atoms. The van der Waals surface area contributed by atoms with Gasteiger partial charge in [0.25, 0.3) is 0 Å². The van der Waals surface area contributed by atoms with Crippen LogP contribution in [-0.4, -0.2) is 36.6 Å². The summed E-state index contributed by atoms with van der Waals surface area (Å²) in [6.07, 6.45) is 1.09. The zero-order valence-corrected chi connectivity index (χ0v) is 23.3. The number of rotatable bonds is 11. The number of aryl methyl sites for hydroxylation is 3. The summed E-state index contributed by atoms with van der Waals surface area (Å²) in [6, 6.07) is 20.5. The molecule has 0 bridgehead atoms. The number of benzene rings is 3. The highest BCUT2D eigenvalue weighted by Gasteiger charge is 2.22. The summed E-state index contributed by atoms with van der Waals surface area (Å²) in [7, 11) is 0. The van der Waals surface area contributed by atoms with Gasteiger partial charge in [0.15, 0.2) is 0 Å². The third kappa shape index (κ3) is 10.1. The van der Waals surface area contributed by atoms with Crippen LogP contribution in [0.1, 0.15) is 35.6 Å². The Morgan fingerprint density at radius 2 is 1.41 bits per heavy atom. The normalized spacial score (nSPS) is 11.9. The van der Waals surface area contributed by atoms with Gasteiger partial charge in [0.05, 0.1) is 6.04 Å². The van der Waals surface area contributed by atoms with E-state index in [-0.39, 0.29) is 24.7 Å². The summed E-state index contributed by atoms with van der Waals surface area (Å²) in [5, 5.41) is 5.55. The fraction of sp³-hybridized carbons (Fsp3) is 0.300. The summed E-state index contributed by atoms with van der Waals surface area (Å²) in [4.78, 5) is 37.2. The molecule has 8 nitrogen and oxygen atoms in total. The van der Waals surface area contributed by atoms with Crippen molar-refractivity contribution in [1.82, 2.24) is 10.6 Å². The number of halogens is 1. The number of amides is 2. The fourth-order valence-electron chi connectivity index (χ4n) is 4.04. The van der Waals surface area contributed by atoms with E-state index in [1.54, 1.807) is 43.3 Å². The van der Waals surface area contributed by atoms with Gasteiger partial charge in [-0.1, -0.05) is 48.5 Å². The molecular formula is C30H36ClN3O5. The standard InChI is InChI=1S/C30H35N3O5.ClH/c1-20-17-25(38-30(36)37-24-14-8-5-9-15-24)18-21(2)26(20)19-27(31)29(35)33-22(3)28(34)32-16-10-13-23-11-6-4-7-12-23;/h4-9,11-12,14-15,17-18,22,27H,10,13,16,19,31H2,1-3H3,(H,32,34)(H,33,35);1H/t22-,27+;/m1./s1. The highest BCUT2D eigenvalue weighted by Crippen LogP contribution is 2.24. The molecule has 3 rings (SSSR count). The van der Waals surface area contributed by atoms with Crippen LogP contribution >= 0.6 is 12.4 Å². The molecule has 0 aliphatic heterocycles. The third-order valence-corrected chi connectivity index (χ3v) is 6.11. The highest BCUT2D eigenvalue weighted by atomic mass is 35.5. The molecule has 0 saturated carbocycles. The van der Waals surface area contributed by atoms with E-state index in [4.69, 9.17) is 15.2 Å². The number of carbonyl (C=O) groups excluding carboxylic acids is 3. The van der Waals surface area contributed by atoms with Gasteiger partial charge >= 0.3 is 6.16 Å². The van der Waals surface area contributed by atoms with Crippen molar-refractivity contribution in [2.45, 2.75) is 52.1 Å². The van der Waals surface area contributed by atoms with E-state index < -0.39 is 24.1 Å². The molecule has 0 heterocycles. The fourth-order valence-corrected chi connectivity index (χ4v) is 4.04. The molecule has 3 aromatic rings. The van der Waals surface area contributed by atoms with Crippen LogP contribution in [0.2, 0.25) is 0 Å². The molecular weight excluding hydrogens is 518 g/mol. The summed E-state index contributed by atoms with van der Waals surface area (Å²) in [5.41, 5.74) is 9.90. The first-order chi connectivity index (χ1) is 18.2. The minimum absolute atomic E-state index is 0. The van der Waals surface area contributed by atoms with Gasteiger partial charge in [-0.3, -0.25) is 9.59 Å². The molecule has 0 aliphatic rings. The van der Waals surface area contributed by atoms with Crippen LogP contribution in [0.5, 0.6) is 11.5 Å². The average molecular weight is 554 g/mol. The van der Waals surface area contributed by atoms with Crippen LogP contribution in [0, 0.1) is 13.8 Å². The van der Waals surface area contributed by atoms with E-state index in [1.165, 1.54) is 5.56 Å². The second-order valence-corrected chi connectivity index (χ2v) is 9.22. The first-order valence-corrected chi connectivity index (χ1v) is 12.7. The van der Waals surface area contributed by atoms with Gasteiger partial charge in [-0.05, 0) is 86.6 Å². The number of nitrogens with one attached hydrogen (secondary N) is 2. The van der Waals surface area contributed by atoms with E-state index >= 15 is 0 Å². The van der Waals surface area contributed by atoms with Gasteiger partial charge in [-0.25, -0.2) is 4.79 Å². The van der Waals surface area contributed by atoms with Crippen LogP contribution in [0.4, 0.5) is 4.79 Å². The Bertz CT molecular complexity index is 1210. The summed E-state index contributed by atoms with van der Waals surface area (Å²) >= 11 is 0. The summed E-state index contributed by atoms with van der Waals surface area (Å²) < 4.78 is 10.5. The predicted molar refractivity (Wildman–Crippen MR) is 153 cm³/mol. The second-order valence-electron chi connectivity index (χ2n) is 9.22. The van der Waals surface area contributed by atoms with Crippen LogP contribution in [0.3, 0.4) is 0 Å². The van der Waals surface area contributed by atoms with Gasteiger partial charge in [-0.15, -0.1) is 12.4 Å². The molecule has 4 N–H and O–H groups in total. The van der Waals surface area contributed by atoms with Crippen LogP contribution in [-0.2, 0) is 22.4 Å². The molecule has 0 unspecified atom stereocenters. The molecule has 208 valence electrons. The minimum atomic E-state index is -0.851. The van der Waals surface area contributed by atoms with Crippen molar-refractivity contribution in [2.75, 3.05) is 6.54 Å². The van der Waals surface area contributed by atoms with Gasteiger partial charge < -0.3 is 25.8 Å². The molecule has 2 amide bonds. The van der Waals surface area contributed by atoms with Crippen LogP contribution in [0.25, 0.3) is 0 Å². The van der Waals surface area contributed by atoms with Gasteiger partial charge in [0.2, 0.25) is 11.8 Å². The number of ether oxygens (including phenoxy) is 2. The number of nitrogens with two attached hydrogens (primary N) is 1. The van der Waals surface area contributed by atoms with Crippen LogP contribution < -0.4 is 25.8 Å². The lowest BCUT2D eigenvalue weighted by molar-refractivity contribution is -0.129. The van der Waals surface area contributed by atoms with Crippen molar-refractivity contribution < 1.29 is 23.9 Å². The topological polar surface area (TPSA) is 120 Å². The lowest BCUT2D eigenvalue weighted by Gasteiger charge is -2.19. The van der Waals surface area contributed by atoms with Crippen molar-refractivity contribution in [2.24, 2.45) is 5.73 Å². The molecule has 0 fully saturated rings. The second kappa shape index (κ2) is 15.5. The van der Waals surface area contributed by atoms with E-state index in [1.807, 2.05) is 38.1 Å². The van der Waals surface area contributed by atoms with Crippen molar-refractivity contribution in [1.29, 1.82) is 0 Å². The Kier molecular flexibility index (Phi) is 12.5. The van der Waals surface area contributed by atoms with Gasteiger partial charge in [-0.2, -0.15) is 0 Å². The first-order valence-electron chi connectivity index (χ1n) is 12.7. The van der Waals surface area contributed by atoms with Crippen molar-refractivity contribution in [3.05, 3.63) is 95.1 Å². The first kappa shape index (κ1) is 31.3. The van der Waals surface area contributed by atoms with Crippen molar-refractivity contribution >= 4 is 30.4 Å². The quantitative estimate of drug-likeness (QED) is 0.184. The minimum Gasteiger partial charge on any atom is -0.395 e. The van der Waals surface area contributed by atoms with E-state index in [2.05, 4.69) is 22.8 Å². The molecule has 0 saturated heterocycles.